The molecule has 18 heavy (non-hydrogen) atoms. The summed E-state index contributed by atoms with van der Waals surface area (Å²) in [6.45, 7) is 0. The summed E-state index contributed by atoms with van der Waals surface area (Å²) in [7, 11) is 0. The van der Waals surface area contributed by atoms with E-state index in [-0.39, 0.29) is 0 Å². The molecule has 86 valence electrons. The third kappa shape index (κ3) is 2.19. The molecule has 0 saturated carbocycles. The van der Waals surface area contributed by atoms with Crippen LogP contribution in [-0.2, 0) is 0 Å². The highest BCUT2D eigenvalue weighted by atomic mass is 19.1. The van der Waals surface area contributed by atoms with Crippen molar-refractivity contribution in [1.29, 1.82) is 5.26 Å². The van der Waals surface area contributed by atoms with Gasteiger partial charge in [0.2, 0.25) is 0 Å². The van der Waals surface area contributed by atoms with Crippen molar-refractivity contribution < 1.29 is 4.39 Å². The molecule has 0 amide bonds. The molecule has 0 atom stereocenters. The fraction of sp³-hybridized carbons (Fsp3) is 0. The van der Waals surface area contributed by atoms with Gasteiger partial charge in [-0.3, -0.25) is 0 Å². The van der Waals surface area contributed by atoms with E-state index in [1.165, 1.54) is 6.07 Å². The molecule has 1 aromatic rings. The summed E-state index contributed by atoms with van der Waals surface area (Å²) < 4.78 is 13.6. The standard InChI is InChI=1S/C6FN11/c7-3-4(13-16-9)2(1-8)5(14-17-10)12-6(3)15-18-11. The summed E-state index contributed by atoms with van der Waals surface area (Å²) in [5.41, 5.74) is 23.4. The van der Waals surface area contributed by atoms with Gasteiger partial charge in [-0.1, -0.05) is 5.11 Å². The maximum atomic E-state index is 13.6. The predicted octanol–water partition coefficient (Wildman–Crippen LogP) is 3.92. The van der Waals surface area contributed by atoms with E-state index in [9.17, 15) is 4.39 Å². The molecule has 0 aliphatic rings. The van der Waals surface area contributed by atoms with Gasteiger partial charge in [-0.15, -0.1) is 0 Å². The highest BCUT2D eigenvalue weighted by molar-refractivity contribution is 5.67. The SMILES string of the molecule is N#Cc1c(N=[N+]=[N-])nc(N=[N+]=[N-])c(F)c1N=[N+]=[N-]. The predicted molar refractivity (Wildman–Crippen MR) is 55.3 cm³/mol. The number of nitriles is 1. The number of hydrogen-bond acceptors (Lipinski definition) is 5. The molecule has 11 nitrogen and oxygen atoms in total. The smallest absolute Gasteiger partial charge is 0.163 e. The highest BCUT2D eigenvalue weighted by Crippen LogP contribution is 2.35. The summed E-state index contributed by atoms with van der Waals surface area (Å²) in [5, 5.41) is 17.6. The third-order valence-electron chi connectivity index (χ3n) is 1.61. The first-order valence-corrected chi connectivity index (χ1v) is 3.98. The molecule has 0 fully saturated rings. The lowest BCUT2D eigenvalue weighted by Crippen LogP contribution is -1.89. The van der Waals surface area contributed by atoms with Crippen molar-refractivity contribution in [3.05, 3.63) is 42.7 Å². The molecule has 0 aliphatic carbocycles. The zero-order valence-electron chi connectivity index (χ0n) is 8.30. The van der Waals surface area contributed by atoms with Gasteiger partial charge in [0, 0.05) is 14.7 Å². The van der Waals surface area contributed by atoms with E-state index in [0.717, 1.165) is 0 Å². The second-order valence-corrected chi connectivity index (χ2v) is 2.48. The van der Waals surface area contributed by atoms with Crippen LogP contribution in [0.15, 0.2) is 15.3 Å². The monoisotopic (exact) mass is 245 g/mol. The molecular weight excluding hydrogens is 245 g/mol. The average molecular weight is 245 g/mol. The van der Waals surface area contributed by atoms with Gasteiger partial charge in [-0.05, 0) is 26.8 Å². The minimum absolute atomic E-state index is 0.550. The van der Waals surface area contributed by atoms with E-state index >= 15 is 0 Å². The van der Waals surface area contributed by atoms with Crippen molar-refractivity contribution >= 4 is 17.3 Å². The molecular formula is C6FN11. The van der Waals surface area contributed by atoms with Crippen LogP contribution in [0.3, 0.4) is 0 Å². The fourth-order valence-corrected chi connectivity index (χ4v) is 0.992. The van der Waals surface area contributed by atoms with E-state index < -0.39 is 28.7 Å². The van der Waals surface area contributed by atoms with Crippen LogP contribution in [-0.4, -0.2) is 4.98 Å². The van der Waals surface area contributed by atoms with E-state index in [1.54, 1.807) is 0 Å². The van der Waals surface area contributed by atoms with E-state index in [4.69, 9.17) is 21.9 Å². The van der Waals surface area contributed by atoms with Gasteiger partial charge in [-0.25, -0.2) is 9.37 Å². The summed E-state index contributed by atoms with van der Waals surface area (Å²) >= 11 is 0. The van der Waals surface area contributed by atoms with Crippen molar-refractivity contribution in [2.45, 2.75) is 0 Å². The van der Waals surface area contributed by atoms with Crippen molar-refractivity contribution in [2.24, 2.45) is 15.3 Å². The van der Waals surface area contributed by atoms with Crippen LogP contribution in [0.5, 0.6) is 0 Å². The summed E-state index contributed by atoms with van der Waals surface area (Å²) in [5.74, 6) is -2.62. The number of nitrogens with zero attached hydrogens (tertiary/aromatic N) is 11. The molecule has 0 aliphatic heterocycles. The number of hydrogen-bond donors (Lipinski definition) is 0. The summed E-state index contributed by atoms with van der Waals surface area (Å²) in [6, 6.07) is 1.48. The Bertz CT molecular complexity index is 680. The number of rotatable bonds is 3. The van der Waals surface area contributed by atoms with E-state index in [1.807, 2.05) is 0 Å². The molecule has 0 spiro atoms. The van der Waals surface area contributed by atoms with Crippen LogP contribution in [0.4, 0.5) is 21.7 Å². The van der Waals surface area contributed by atoms with Gasteiger partial charge in [-0.2, -0.15) is 5.26 Å². The van der Waals surface area contributed by atoms with Gasteiger partial charge in [0.1, 0.15) is 11.9 Å². The largest absolute Gasteiger partial charge is 0.240 e. The Morgan fingerprint density at radius 1 is 1.06 bits per heavy atom. The Labute approximate surface area is 97.0 Å². The Morgan fingerprint density at radius 3 is 2.11 bits per heavy atom. The van der Waals surface area contributed by atoms with Crippen LogP contribution >= 0.6 is 0 Å². The van der Waals surface area contributed by atoms with Crippen molar-refractivity contribution in [2.75, 3.05) is 0 Å². The van der Waals surface area contributed by atoms with Gasteiger partial charge >= 0.3 is 0 Å². The van der Waals surface area contributed by atoms with Crippen molar-refractivity contribution in [3.8, 4) is 6.07 Å². The van der Waals surface area contributed by atoms with Gasteiger partial charge < -0.3 is 0 Å². The Morgan fingerprint density at radius 2 is 1.61 bits per heavy atom. The zero-order chi connectivity index (χ0) is 13.5. The lowest BCUT2D eigenvalue weighted by Gasteiger charge is -2.03. The highest BCUT2D eigenvalue weighted by Gasteiger charge is 2.17. The molecule has 0 bridgehead atoms. The van der Waals surface area contributed by atoms with Gasteiger partial charge in [0.15, 0.2) is 11.6 Å². The van der Waals surface area contributed by atoms with Crippen LogP contribution < -0.4 is 0 Å². The lowest BCUT2D eigenvalue weighted by atomic mass is 10.2. The number of azide groups is 3. The van der Waals surface area contributed by atoms with E-state index in [0.29, 0.717) is 0 Å². The Kier molecular flexibility index (Phi) is 3.87. The van der Waals surface area contributed by atoms with Crippen LogP contribution in [0.2, 0.25) is 0 Å². The second-order valence-electron chi connectivity index (χ2n) is 2.48. The molecule has 0 aromatic carbocycles. The molecule has 1 heterocycles. The normalized spacial score (nSPS) is 8.22. The van der Waals surface area contributed by atoms with Crippen LogP contribution in [0, 0.1) is 17.1 Å². The van der Waals surface area contributed by atoms with Gasteiger partial charge in [0.05, 0.1) is 11.3 Å². The molecule has 0 unspecified atom stereocenters. The first-order valence-electron chi connectivity index (χ1n) is 3.98. The topological polar surface area (TPSA) is 183 Å². The van der Waals surface area contributed by atoms with Crippen molar-refractivity contribution in [3.63, 3.8) is 0 Å². The average Bonchev–Trinajstić information content (AvgIpc) is 2.36. The first-order chi connectivity index (χ1) is 8.69. The summed E-state index contributed by atoms with van der Waals surface area (Å²) in [6.07, 6.45) is 0. The Hall–Kier alpha value is -3.50. The molecule has 12 heteroatoms. The van der Waals surface area contributed by atoms with Crippen LogP contribution in [0.1, 0.15) is 5.56 Å². The maximum Gasteiger partial charge on any atom is 0.163 e. The Balaban J connectivity index is 3.86. The second kappa shape index (κ2) is 5.55. The summed E-state index contributed by atoms with van der Waals surface area (Å²) in [4.78, 5) is 10.3. The first kappa shape index (κ1) is 12.6. The molecule has 0 radical (unpaired) electrons. The van der Waals surface area contributed by atoms with Crippen molar-refractivity contribution in [1.82, 2.24) is 4.98 Å². The minimum Gasteiger partial charge on any atom is -0.240 e. The molecule has 1 rings (SSSR count). The maximum absolute atomic E-state index is 13.6. The third-order valence-corrected chi connectivity index (χ3v) is 1.61. The number of aromatic nitrogens is 1. The minimum atomic E-state index is -1.28. The number of pyridine rings is 1. The van der Waals surface area contributed by atoms with E-state index in [2.05, 4.69) is 35.1 Å². The lowest BCUT2D eigenvalue weighted by molar-refractivity contribution is 0.625. The fourth-order valence-electron chi connectivity index (χ4n) is 0.992. The number of halogens is 1. The molecule has 1 aromatic heterocycles. The van der Waals surface area contributed by atoms with Gasteiger partial charge in [0.25, 0.3) is 0 Å². The van der Waals surface area contributed by atoms with Crippen LogP contribution in [0.25, 0.3) is 31.3 Å². The molecule has 0 N–H and O–H groups in total. The molecule has 0 saturated heterocycles. The zero-order valence-corrected chi connectivity index (χ0v) is 8.30. The quantitative estimate of drug-likeness (QED) is 0.444.